The highest BCUT2D eigenvalue weighted by Crippen LogP contribution is 2.46. The minimum atomic E-state index is 1.08. The van der Waals surface area contributed by atoms with Crippen molar-refractivity contribution in [1.82, 2.24) is 4.57 Å². The minimum absolute atomic E-state index is 1.08. The standard InChI is InChI=1S/C48H35N3/c1-6-18-37(19-7-1)49(38-20-8-2-9-21-38)42-31-33-47(50(39-22-10-3-11-23-39)40-24-12-4-13-25-40)44(35-42)36-30-32-48-45(34-36)43-28-16-17-29-46(43)51(48)41-26-14-5-15-27-41/h1-35H. The van der Waals surface area contributed by atoms with Crippen LogP contribution >= 0.6 is 0 Å². The lowest BCUT2D eigenvalue weighted by molar-refractivity contribution is 1.18. The molecule has 1 heterocycles. The second-order valence-corrected chi connectivity index (χ2v) is 12.6. The Balaban J connectivity index is 1.32. The summed E-state index contributed by atoms with van der Waals surface area (Å²) in [5, 5.41) is 2.45. The molecule has 51 heavy (non-hydrogen) atoms. The number of para-hydroxylation sites is 6. The predicted molar refractivity (Wildman–Crippen MR) is 216 cm³/mol. The van der Waals surface area contributed by atoms with Crippen molar-refractivity contribution in [2.24, 2.45) is 0 Å². The van der Waals surface area contributed by atoms with E-state index >= 15 is 0 Å². The van der Waals surface area contributed by atoms with Crippen LogP contribution in [0.4, 0.5) is 34.1 Å². The van der Waals surface area contributed by atoms with Gasteiger partial charge in [0.2, 0.25) is 0 Å². The van der Waals surface area contributed by atoms with Crippen molar-refractivity contribution in [3.05, 3.63) is 212 Å². The maximum atomic E-state index is 2.38. The largest absolute Gasteiger partial charge is 0.310 e. The first kappa shape index (κ1) is 30.2. The number of benzene rings is 8. The molecule has 1 aromatic heterocycles. The van der Waals surface area contributed by atoms with Crippen molar-refractivity contribution < 1.29 is 0 Å². The zero-order valence-corrected chi connectivity index (χ0v) is 28.0. The van der Waals surface area contributed by atoms with Crippen LogP contribution in [0.15, 0.2) is 212 Å². The summed E-state index contributed by atoms with van der Waals surface area (Å²) in [6.07, 6.45) is 0. The quantitative estimate of drug-likeness (QED) is 0.162. The lowest BCUT2D eigenvalue weighted by Crippen LogP contribution is -2.13. The minimum Gasteiger partial charge on any atom is -0.310 e. The third-order valence-corrected chi connectivity index (χ3v) is 9.53. The summed E-state index contributed by atoms with van der Waals surface area (Å²) in [6.45, 7) is 0. The highest BCUT2D eigenvalue weighted by Gasteiger charge is 2.21. The van der Waals surface area contributed by atoms with Crippen LogP contribution in [0.3, 0.4) is 0 Å². The summed E-state index contributed by atoms with van der Waals surface area (Å²) in [4.78, 5) is 4.70. The molecule has 0 amide bonds. The van der Waals surface area contributed by atoms with Crippen LogP contribution in [-0.2, 0) is 0 Å². The Hall–Kier alpha value is -6.84. The lowest BCUT2D eigenvalue weighted by atomic mass is 9.98. The fourth-order valence-electron chi connectivity index (χ4n) is 7.27. The van der Waals surface area contributed by atoms with Gasteiger partial charge < -0.3 is 14.4 Å². The van der Waals surface area contributed by atoms with E-state index in [2.05, 4.69) is 227 Å². The number of hydrogen-bond acceptors (Lipinski definition) is 2. The number of anilines is 6. The van der Waals surface area contributed by atoms with Crippen LogP contribution in [-0.4, -0.2) is 4.57 Å². The SMILES string of the molecule is c1ccc(N(c2ccccc2)c2ccc(N(c3ccccc3)c3ccccc3)c(-c3ccc4c(c3)c3ccccc3n4-c3ccccc3)c2)cc1. The number of nitrogens with zero attached hydrogens (tertiary/aromatic N) is 3. The summed E-state index contributed by atoms with van der Waals surface area (Å²) in [7, 11) is 0. The Morgan fingerprint density at radius 2 is 0.784 bits per heavy atom. The molecule has 0 saturated heterocycles. The summed E-state index contributed by atoms with van der Waals surface area (Å²) >= 11 is 0. The molecule has 0 aliphatic carbocycles. The van der Waals surface area contributed by atoms with Gasteiger partial charge in [0.25, 0.3) is 0 Å². The van der Waals surface area contributed by atoms with Gasteiger partial charge in [-0.2, -0.15) is 0 Å². The molecule has 0 aliphatic heterocycles. The van der Waals surface area contributed by atoms with Gasteiger partial charge in [-0.05, 0) is 103 Å². The summed E-state index contributed by atoms with van der Waals surface area (Å²) in [5.74, 6) is 0. The zero-order chi connectivity index (χ0) is 34.0. The first-order valence-corrected chi connectivity index (χ1v) is 17.4. The molecular weight excluding hydrogens is 619 g/mol. The lowest BCUT2D eigenvalue weighted by Gasteiger charge is -2.30. The summed E-state index contributed by atoms with van der Waals surface area (Å²) < 4.78 is 2.37. The molecule has 3 nitrogen and oxygen atoms in total. The van der Waals surface area contributed by atoms with Gasteiger partial charge in [0.1, 0.15) is 0 Å². The predicted octanol–water partition coefficient (Wildman–Crippen LogP) is 13.4. The Kier molecular flexibility index (Phi) is 7.84. The van der Waals surface area contributed by atoms with Crippen LogP contribution in [0.25, 0.3) is 38.6 Å². The van der Waals surface area contributed by atoms with E-state index in [-0.39, 0.29) is 0 Å². The van der Waals surface area contributed by atoms with Crippen molar-refractivity contribution in [2.45, 2.75) is 0 Å². The zero-order valence-electron chi connectivity index (χ0n) is 28.0. The second-order valence-electron chi connectivity index (χ2n) is 12.6. The van der Waals surface area contributed by atoms with Gasteiger partial charge in [0, 0.05) is 50.5 Å². The van der Waals surface area contributed by atoms with E-state index in [0.29, 0.717) is 0 Å². The topological polar surface area (TPSA) is 11.4 Å². The van der Waals surface area contributed by atoms with Gasteiger partial charge in [-0.3, -0.25) is 0 Å². The van der Waals surface area contributed by atoms with Crippen molar-refractivity contribution in [2.75, 3.05) is 9.80 Å². The first-order chi connectivity index (χ1) is 25.3. The molecule has 0 spiro atoms. The average Bonchev–Trinajstić information content (AvgIpc) is 3.54. The van der Waals surface area contributed by atoms with E-state index < -0.39 is 0 Å². The molecule has 242 valence electrons. The molecule has 3 heteroatoms. The monoisotopic (exact) mass is 653 g/mol. The number of fused-ring (bicyclic) bond motifs is 3. The van der Waals surface area contributed by atoms with Crippen LogP contribution in [0.1, 0.15) is 0 Å². The Bertz CT molecular complexity index is 2480. The third kappa shape index (κ3) is 5.61. The van der Waals surface area contributed by atoms with Crippen LogP contribution < -0.4 is 9.80 Å². The first-order valence-electron chi connectivity index (χ1n) is 17.4. The number of rotatable bonds is 8. The molecule has 0 atom stereocenters. The van der Waals surface area contributed by atoms with Gasteiger partial charge in [-0.15, -0.1) is 0 Å². The Labute approximate surface area is 298 Å². The molecule has 0 aliphatic rings. The highest BCUT2D eigenvalue weighted by atomic mass is 15.2. The van der Waals surface area contributed by atoms with Crippen molar-refractivity contribution in [1.29, 1.82) is 0 Å². The summed E-state index contributed by atoms with van der Waals surface area (Å²) in [6, 6.07) is 75.7. The fraction of sp³-hybridized carbons (Fsp3) is 0. The van der Waals surface area contributed by atoms with Gasteiger partial charge in [0.15, 0.2) is 0 Å². The van der Waals surface area contributed by atoms with E-state index in [1.54, 1.807) is 0 Å². The van der Waals surface area contributed by atoms with Gasteiger partial charge in [-0.1, -0.05) is 115 Å². The molecule has 0 radical (unpaired) electrons. The number of hydrogen-bond donors (Lipinski definition) is 0. The fourth-order valence-corrected chi connectivity index (χ4v) is 7.27. The second kappa shape index (κ2) is 13.2. The van der Waals surface area contributed by atoms with Gasteiger partial charge in [0.05, 0.1) is 16.7 Å². The van der Waals surface area contributed by atoms with Gasteiger partial charge in [-0.25, -0.2) is 0 Å². The van der Waals surface area contributed by atoms with Crippen LogP contribution in [0, 0.1) is 0 Å². The molecule has 0 N–H and O–H groups in total. The van der Waals surface area contributed by atoms with Gasteiger partial charge >= 0.3 is 0 Å². The number of aromatic nitrogens is 1. The molecule has 0 fully saturated rings. The Morgan fingerprint density at radius 1 is 0.314 bits per heavy atom. The smallest absolute Gasteiger partial charge is 0.0541 e. The maximum Gasteiger partial charge on any atom is 0.0541 e. The Morgan fingerprint density at radius 3 is 1.35 bits per heavy atom. The molecule has 8 aromatic carbocycles. The average molecular weight is 654 g/mol. The third-order valence-electron chi connectivity index (χ3n) is 9.53. The summed E-state index contributed by atoms with van der Waals surface area (Å²) in [5.41, 5.74) is 12.4. The van der Waals surface area contributed by atoms with E-state index in [1.807, 2.05) is 0 Å². The molecule has 0 saturated carbocycles. The molecular formula is C48H35N3. The van der Waals surface area contributed by atoms with E-state index in [0.717, 1.165) is 50.9 Å². The normalized spacial score (nSPS) is 11.1. The van der Waals surface area contributed by atoms with Crippen molar-refractivity contribution in [3.8, 4) is 16.8 Å². The van der Waals surface area contributed by atoms with Crippen LogP contribution in [0.5, 0.6) is 0 Å². The van der Waals surface area contributed by atoms with Crippen LogP contribution in [0.2, 0.25) is 0 Å². The molecule has 0 unspecified atom stereocenters. The highest BCUT2D eigenvalue weighted by molar-refractivity contribution is 6.11. The maximum absolute atomic E-state index is 2.38. The molecule has 0 bridgehead atoms. The van der Waals surface area contributed by atoms with Crippen molar-refractivity contribution in [3.63, 3.8) is 0 Å². The van der Waals surface area contributed by atoms with Crippen molar-refractivity contribution >= 4 is 55.9 Å². The van der Waals surface area contributed by atoms with E-state index in [9.17, 15) is 0 Å². The molecule has 9 aromatic rings. The van der Waals surface area contributed by atoms with E-state index in [1.165, 1.54) is 21.8 Å². The van der Waals surface area contributed by atoms with E-state index in [4.69, 9.17) is 0 Å². The molecule has 9 rings (SSSR count).